The quantitative estimate of drug-likeness (QED) is 0.0163. The lowest BCUT2D eigenvalue weighted by molar-refractivity contribution is -0.158. The molecule has 6 N–H and O–H groups in total. The highest BCUT2D eigenvalue weighted by Gasteiger charge is 2.67. The maximum absolute atomic E-state index is 14.5. The largest absolute Gasteiger partial charge is 0.500 e. The normalized spacial score (nSPS) is 20.9. The summed E-state index contributed by atoms with van der Waals surface area (Å²) in [6.45, 7) is 13.9. The van der Waals surface area contributed by atoms with Crippen molar-refractivity contribution in [3.8, 4) is 0 Å². The van der Waals surface area contributed by atoms with E-state index >= 15 is 0 Å². The summed E-state index contributed by atoms with van der Waals surface area (Å²) in [6, 6.07) is 0.266. The number of nitrogens with zero attached hydrogens (tertiary/aromatic N) is 1. The molecule has 1 heterocycles. The summed E-state index contributed by atoms with van der Waals surface area (Å²) in [5.41, 5.74) is -5.10. The van der Waals surface area contributed by atoms with Crippen LogP contribution in [0, 0.1) is 47.3 Å². The average molecular weight is 1390 g/mol. The van der Waals surface area contributed by atoms with E-state index in [0.29, 0.717) is 0 Å². The molecule has 14 unspecified atom stereocenters. The fourth-order valence-corrected chi connectivity index (χ4v) is 27.4. The Bertz CT molecular complexity index is 1970. The first-order valence-corrected chi connectivity index (χ1v) is 37.0. The van der Waals surface area contributed by atoms with Crippen LogP contribution in [0.5, 0.6) is 0 Å². The number of hydrogen-bond acceptors (Lipinski definition) is 16. The molecule has 2 amide bonds. The second kappa shape index (κ2) is 32.4. The average Bonchev–Trinajstić information content (AvgIpc) is 3.55. The van der Waals surface area contributed by atoms with E-state index < -0.39 is 161 Å². The summed E-state index contributed by atoms with van der Waals surface area (Å²) in [4.78, 5) is 112. The van der Waals surface area contributed by atoms with Crippen LogP contribution in [0.4, 0.5) is 0 Å². The molecule has 23 nitrogen and oxygen atoms in total. The van der Waals surface area contributed by atoms with E-state index in [1.807, 2.05) is 22.4 Å². The Balaban J connectivity index is 4.38. The van der Waals surface area contributed by atoms with E-state index in [1.54, 1.807) is 61.5 Å². The lowest BCUT2D eigenvalue weighted by Crippen LogP contribution is -2.66. The number of carbonyl (C=O) groups excluding carboxylic acids is 2. The minimum atomic E-state index is -4.95. The van der Waals surface area contributed by atoms with Crippen LogP contribution in [0.25, 0.3) is 0 Å². The van der Waals surface area contributed by atoms with Crippen LogP contribution in [-0.4, -0.2) is 187 Å². The molecule has 0 bridgehead atoms. The minimum absolute atomic E-state index is 0.0264. The number of likely N-dealkylation sites (tertiary alicyclic amines) is 1. The molecule has 0 aromatic carbocycles. The van der Waals surface area contributed by atoms with Gasteiger partial charge in [-0.3, -0.25) is 43.3 Å². The van der Waals surface area contributed by atoms with Gasteiger partial charge >= 0.3 is 62.2 Å². The van der Waals surface area contributed by atoms with Crippen molar-refractivity contribution in [2.75, 3.05) is 54.3 Å². The van der Waals surface area contributed by atoms with Gasteiger partial charge in [0.2, 0.25) is 16.7 Å². The number of carboxylic acids is 6. The summed E-state index contributed by atoms with van der Waals surface area (Å²) in [5.74, 6) is -24.0. The number of halogens is 2. The summed E-state index contributed by atoms with van der Waals surface area (Å²) < 4.78 is 49.6. The van der Waals surface area contributed by atoms with Crippen molar-refractivity contribution < 1.29 is 104 Å². The van der Waals surface area contributed by atoms with E-state index in [1.165, 1.54) is 49.0 Å². The van der Waals surface area contributed by atoms with Gasteiger partial charge in [0.1, 0.15) is 7.57 Å². The van der Waals surface area contributed by atoms with E-state index in [9.17, 15) is 69.0 Å². The van der Waals surface area contributed by atoms with Crippen LogP contribution in [0.2, 0.25) is 17.1 Å². The molecule has 0 saturated carbocycles. The lowest BCUT2D eigenvalue weighted by atomic mass is 9.74. The number of hydrogen-bond donors (Lipinski definition) is 6. The topological polar surface area (TPSA) is 335 Å². The number of rotatable bonds is 41. The van der Waals surface area contributed by atoms with Gasteiger partial charge in [-0.05, 0) is 65.0 Å². The Morgan fingerprint density at radius 3 is 1.42 bits per heavy atom. The highest BCUT2D eigenvalue weighted by atomic mass is 127. The van der Waals surface area contributed by atoms with E-state index in [4.69, 9.17) is 42.7 Å². The second-order valence-electron chi connectivity index (χ2n) is 18.9. The first kappa shape index (κ1) is 72.8. The zero-order valence-electron chi connectivity index (χ0n) is 45.6. The second-order valence-corrected chi connectivity index (χ2v) is 36.1. The minimum Gasteiger partial charge on any atom is -0.481 e. The molecule has 14 atom stereocenters. The SMILES string of the molecule is [B]P(I)C(C)(CC(C(=O)O)C(C(=O)O)C(CC)[Si](OCC)(OCC)O[Si](OCC)(OCC)C(CC)C(C(=O)O)C(CC(C)(P[B]I)C1C(=O)N(CCC[Si](OC)(OC)OC)C(=O)C1C)C(=O)O)C(C(=O)O)C(C)C(=O)O. The van der Waals surface area contributed by atoms with Crippen LogP contribution in [0.3, 0.4) is 0 Å². The third kappa shape index (κ3) is 16.9. The molecule has 0 aromatic heterocycles. The first-order chi connectivity index (χ1) is 35.4. The third-order valence-corrected chi connectivity index (χ3v) is 32.7. The Labute approximate surface area is 480 Å². The first-order valence-electron chi connectivity index (χ1n) is 24.9. The zero-order valence-corrected chi connectivity index (χ0v) is 54.8. The summed E-state index contributed by atoms with van der Waals surface area (Å²) >= 11 is 3.68. The van der Waals surface area contributed by atoms with Crippen molar-refractivity contribution in [1.29, 1.82) is 0 Å². The van der Waals surface area contributed by atoms with Gasteiger partial charge in [-0.1, -0.05) is 69.0 Å². The number of carboxylic acid groups (broad SMARTS) is 6. The number of imide groups is 1. The number of aliphatic carboxylic acids is 6. The molecule has 1 fully saturated rings. The van der Waals surface area contributed by atoms with Crippen molar-refractivity contribution in [1.82, 2.24) is 4.90 Å². The van der Waals surface area contributed by atoms with E-state index in [-0.39, 0.29) is 66.7 Å². The molecule has 0 aromatic rings. The van der Waals surface area contributed by atoms with Crippen LogP contribution in [0.1, 0.15) is 101 Å². The van der Waals surface area contributed by atoms with Crippen molar-refractivity contribution in [2.24, 2.45) is 47.3 Å². The summed E-state index contributed by atoms with van der Waals surface area (Å²) in [7, 11) is -2.51. The van der Waals surface area contributed by atoms with Gasteiger partial charge in [0, 0.05) is 82.5 Å². The van der Waals surface area contributed by atoms with Crippen molar-refractivity contribution in [3.05, 3.63) is 0 Å². The Morgan fingerprint density at radius 1 is 0.711 bits per heavy atom. The molecule has 0 spiro atoms. The maximum Gasteiger partial charge on any atom is 0.500 e. The van der Waals surface area contributed by atoms with E-state index in [0.717, 1.165) is 11.8 Å². The molecule has 1 saturated heterocycles. The molecular weight excluding hydrogens is 1320 g/mol. The predicted molar refractivity (Wildman–Crippen MR) is 306 cm³/mol. The molecule has 1 aliphatic rings. The Kier molecular flexibility index (Phi) is 31.0. The standard InChI is InChI=1S/C44H78B2I2NO22P2Si3/c1-14-29(31(40(58)59)27(38(54)55)23-43(9,72-46-47)33-25(7)35(50)49(36(33)51)21-20-22-74(64-11,65-12)66-13)75(67-16-3,68-17-4)71-76(69-18-5,70-19-6)30(15-2)32(41(60)61)28(39(56)57)24-44(10,73(45)48)34(42(62)63)26(8)37(52)53/h25-34,72H,14-24H2,1-13H3,(H,52,53)(H,54,55)(H,56,57)(H,58,59)(H,60,61)(H,62,63). The molecular formula is C44H78B2I2NO22P2Si3. The maximum atomic E-state index is 14.5. The van der Waals surface area contributed by atoms with Crippen molar-refractivity contribution in [3.63, 3.8) is 0 Å². The van der Waals surface area contributed by atoms with Gasteiger partial charge in [0.05, 0.1) is 41.4 Å². The van der Waals surface area contributed by atoms with Crippen molar-refractivity contribution in [2.45, 2.75) is 129 Å². The fraction of sp³-hybridized carbons (Fsp3) is 0.818. The van der Waals surface area contributed by atoms with Gasteiger partial charge in [0.15, 0.2) is 0 Å². The molecule has 0 aliphatic carbocycles. The van der Waals surface area contributed by atoms with Gasteiger partial charge in [-0.15, -0.1) is 8.46 Å². The summed E-state index contributed by atoms with van der Waals surface area (Å²) in [5, 5.41) is 62.2. The third-order valence-electron chi connectivity index (χ3n) is 14.5. The molecule has 32 heteroatoms. The molecule has 3 radical (unpaired) electrons. The van der Waals surface area contributed by atoms with Crippen LogP contribution >= 0.6 is 58.3 Å². The number of carbonyl (C=O) groups is 8. The van der Waals surface area contributed by atoms with E-state index in [2.05, 4.69) is 0 Å². The molecule has 1 aliphatic heterocycles. The monoisotopic (exact) mass is 1390 g/mol. The highest BCUT2D eigenvalue weighted by Crippen LogP contribution is 2.62. The predicted octanol–water partition coefficient (Wildman–Crippen LogP) is 6.56. The zero-order chi connectivity index (χ0) is 58.9. The Hall–Kier alpha value is -1.26. The van der Waals surface area contributed by atoms with Crippen LogP contribution in [0.15, 0.2) is 0 Å². The van der Waals surface area contributed by atoms with Gasteiger partial charge in [-0.25, -0.2) is 0 Å². The molecule has 76 heavy (non-hydrogen) atoms. The fourth-order valence-electron chi connectivity index (χ4n) is 11.0. The Morgan fingerprint density at radius 2 is 1.12 bits per heavy atom. The highest BCUT2D eigenvalue weighted by molar-refractivity contribution is 14.2. The smallest absolute Gasteiger partial charge is 0.481 e. The van der Waals surface area contributed by atoms with Gasteiger partial charge in [-0.2, -0.15) is 22.4 Å². The lowest BCUT2D eigenvalue weighted by Gasteiger charge is -2.48. The number of amides is 2. The summed E-state index contributed by atoms with van der Waals surface area (Å²) in [6.07, 6.45) is -1.40. The van der Waals surface area contributed by atoms with Crippen molar-refractivity contribution >= 4 is 145 Å². The van der Waals surface area contributed by atoms with Crippen LogP contribution < -0.4 is 0 Å². The van der Waals surface area contributed by atoms with Gasteiger partial charge < -0.3 is 65.7 Å². The van der Waals surface area contributed by atoms with Gasteiger partial charge in [0.25, 0.3) is 0 Å². The molecule has 433 valence electrons. The van der Waals surface area contributed by atoms with Crippen LogP contribution in [-0.2, 0) is 73.5 Å². The molecule has 1 rings (SSSR count).